The van der Waals surface area contributed by atoms with Gasteiger partial charge in [0.25, 0.3) is 5.91 Å². The molecule has 0 bridgehead atoms. The number of rotatable bonds is 2. The molecule has 3 N–H and O–H groups in total. The van der Waals surface area contributed by atoms with Crippen molar-refractivity contribution in [3.63, 3.8) is 0 Å². The van der Waals surface area contributed by atoms with E-state index in [-0.39, 0.29) is 5.91 Å². The number of anilines is 1. The highest BCUT2D eigenvalue weighted by atomic mass is 79.9. The first-order valence-corrected chi connectivity index (χ1v) is 7.86. The minimum atomic E-state index is -0.258. The summed E-state index contributed by atoms with van der Waals surface area (Å²) in [7, 11) is 0. The lowest BCUT2D eigenvalue weighted by Crippen LogP contribution is -2.43. The number of aryl methyl sites for hydroxylation is 1. The minimum Gasteiger partial charge on any atom is -0.331 e. The van der Waals surface area contributed by atoms with Crippen LogP contribution in [0, 0.1) is 13.8 Å². The van der Waals surface area contributed by atoms with Gasteiger partial charge >= 0.3 is 0 Å². The van der Waals surface area contributed by atoms with Gasteiger partial charge in [-0.15, -0.1) is 0 Å². The second-order valence-electron chi connectivity index (χ2n) is 4.79. The van der Waals surface area contributed by atoms with E-state index in [4.69, 9.17) is 12.2 Å². The smallest absolute Gasteiger partial charge is 0.269 e. The van der Waals surface area contributed by atoms with Gasteiger partial charge in [-0.3, -0.25) is 15.6 Å². The normalized spacial score (nSPS) is 9.95. The highest BCUT2D eigenvalue weighted by molar-refractivity contribution is 9.10. The van der Waals surface area contributed by atoms with Gasteiger partial charge in [0, 0.05) is 15.7 Å². The maximum absolute atomic E-state index is 12.0. The molecule has 114 valence electrons. The van der Waals surface area contributed by atoms with E-state index in [2.05, 4.69) is 32.1 Å². The molecule has 0 aliphatic carbocycles. The van der Waals surface area contributed by atoms with Gasteiger partial charge in [0.05, 0.1) is 0 Å². The van der Waals surface area contributed by atoms with E-state index in [1.807, 2.05) is 38.1 Å². The van der Waals surface area contributed by atoms with Crippen LogP contribution in [0.1, 0.15) is 21.5 Å². The van der Waals surface area contributed by atoms with Crippen molar-refractivity contribution in [3.05, 3.63) is 63.6 Å². The number of benzene rings is 2. The molecule has 0 aromatic heterocycles. The average molecular weight is 378 g/mol. The Morgan fingerprint density at radius 2 is 1.82 bits per heavy atom. The molecule has 22 heavy (non-hydrogen) atoms. The van der Waals surface area contributed by atoms with Crippen molar-refractivity contribution in [2.75, 3.05) is 5.32 Å². The molecule has 0 spiro atoms. The zero-order valence-corrected chi connectivity index (χ0v) is 14.6. The van der Waals surface area contributed by atoms with Gasteiger partial charge in [-0.1, -0.05) is 34.1 Å². The molecule has 2 aromatic carbocycles. The Bertz CT molecular complexity index is 718. The zero-order valence-electron chi connectivity index (χ0n) is 12.2. The van der Waals surface area contributed by atoms with Crippen molar-refractivity contribution in [2.45, 2.75) is 13.8 Å². The molecule has 0 heterocycles. The van der Waals surface area contributed by atoms with Crippen molar-refractivity contribution in [1.82, 2.24) is 10.9 Å². The molecule has 0 saturated heterocycles. The Labute approximate surface area is 143 Å². The number of amides is 1. The Hall–Kier alpha value is -1.92. The molecular formula is C16H16BrN3OS. The zero-order chi connectivity index (χ0) is 16.1. The SMILES string of the molecule is Cc1cccc(NC(=S)NNC(=O)c2cccc(Br)c2)c1C. The van der Waals surface area contributed by atoms with E-state index < -0.39 is 0 Å². The number of carbonyl (C=O) groups is 1. The maximum atomic E-state index is 12.0. The summed E-state index contributed by atoms with van der Waals surface area (Å²) in [5.41, 5.74) is 9.01. The Kier molecular flexibility index (Phi) is 5.51. The largest absolute Gasteiger partial charge is 0.331 e. The number of thiocarbonyl (C=S) groups is 1. The summed E-state index contributed by atoms with van der Waals surface area (Å²) in [6.07, 6.45) is 0. The minimum absolute atomic E-state index is 0.258. The fraction of sp³-hybridized carbons (Fsp3) is 0.125. The summed E-state index contributed by atoms with van der Waals surface area (Å²) in [5, 5.41) is 3.40. The molecule has 4 nitrogen and oxygen atoms in total. The van der Waals surface area contributed by atoms with Crippen molar-refractivity contribution >= 4 is 44.9 Å². The molecule has 0 aliphatic rings. The third-order valence-electron chi connectivity index (χ3n) is 3.23. The summed E-state index contributed by atoms with van der Waals surface area (Å²) in [5.74, 6) is -0.258. The summed E-state index contributed by atoms with van der Waals surface area (Å²) < 4.78 is 0.844. The first-order valence-electron chi connectivity index (χ1n) is 6.66. The van der Waals surface area contributed by atoms with E-state index >= 15 is 0 Å². The van der Waals surface area contributed by atoms with Gasteiger partial charge in [-0.2, -0.15) is 0 Å². The van der Waals surface area contributed by atoms with Crippen LogP contribution in [0.2, 0.25) is 0 Å². The number of carbonyl (C=O) groups excluding carboxylic acids is 1. The molecular weight excluding hydrogens is 362 g/mol. The molecule has 6 heteroatoms. The van der Waals surface area contributed by atoms with Crippen LogP contribution in [-0.2, 0) is 0 Å². The van der Waals surface area contributed by atoms with Gasteiger partial charge in [0.1, 0.15) is 0 Å². The van der Waals surface area contributed by atoms with Gasteiger partial charge in [0.2, 0.25) is 0 Å². The molecule has 0 radical (unpaired) electrons. The van der Waals surface area contributed by atoms with Crippen LogP contribution in [0.3, 0.4) is 0 Å². The second-order valence-corrected chi connectivity index (χ2v) is 6.11. The first-order chi connectivity index (χ1) is 10.5. The molecule has 2 aromatic rings. The first kappa shape index (κ1) is 16.5. The van der Waals surface area contributed by atoms with Gasteiger partial charge in [-0.05, 0) is 61.5 Å². The number of halogens is 1. The standard InChI is InChI=1S/C16H16BrN3OS/c1-10-5-3-8-14(11(10)2)18-16(22)20-19-15(21)12-6-4-7-13(17)9-12/h3-9H,1-2H3,(H,19,21)(H2,18,20,22). The van der Waals surface area contributed by atoms with Crippen molar-refractivity contribution in [1.29, 1.82) is 0 Å². The third kappa shape index (κ3) is 4.29. The lowest BCUT2D eigenvalue weighted by Gasteiger charge is -2.14. The average Bonchev–Trinajstić information content (AvgIpc) is 2.49. The van der Waals surface area contributed by atoms with E-state index in [1.165, 1.54) is 5.56 Å². The van der Waals surface area contributed by atoms with Gasteiger partial charge in [0.15, 0.2) is 5.11 Å². The molecule has 0 aliphatic heterocycles. The fourth-order valence-corrected chi connectivity index (χ4v) is 2.42. The van der Waals surface area contributed by atoms with E-state index in [9.17, 15) is 4.79 Å². The Balaban J connectivity index is 1.93. The lowest BCUT2D eigenvalue weighted by atomic mass is 10.1. The Morgan fingerprint density at radius 1 is 1.09 bits per heavy atom. The van der Waals surface area contributed by atoms with Crippen LogP contribution in [0.5, 0.6) is 0 Å². The van der Waals surface area contributed by atoms with Crippen LogP contribution in [-0.4, -0.2) is 11.0 Å². The molecule has 0 unspecified atom stereocenters. The lowest BCUT2D eigenvalue weighted by molar-refractivity contribution is 0.0944. The van der Waals surface area contributed by atoms with Gasteiger partial charge in [-0.25, -0.2) is 0 Å². The third-order valence-corrected chi connectivity index (χ3v) is 3.93. The summed E-state index contributed by atoms with van der Waals surface area (Å²) in [4.78, 5) is 12.0. The van der Waals surface area contributed by atoms with Crippen molar-refractivity contribution in [2.24, 2.45) is 0 Å². The maximum Gasteiger partial charge on any atom is 0.269 e. The number of nitrogens with one attached hydrogen (secondary N) is 3. The summed E-state index contributed by atoms with van der Waals surface area (Å²) in [6, 6.07) is 13.0. The summed E-state index contributed by atoms with van der Waals surface area (Å²) >= 11 is 8.52. The molecule has 0 atom stereocenters. The van der Waals surface area contributed by atoms with E-state index in [0.717, 1.165) is 15.7 Å². The van der Waals surface area contributed by atoms with E-state index in [1.54, 1.807) is 18.2 Å². The second kappa shape index (κ2) is 7.38. The highest BCUT2D eigenvalue weighted by Crippen LogP contribution is 2.17. The number of hydrogen-bond acceptors (Lipinski definition) is 2. The van der Waals surface area contributed by atoms with Gasteiger partial charge < -0.3 is 5.32 Å². The van der Waals surface area contributed by atoms with E-state index in [0.29, 0.717) is 10.7 Å². The predicted molar refractivity (Wildman–Crippen MR) is 96.9 cm³/mol. The quantitative estimate of drug-likeness (QED) is 0.551. The number of hydrogen-bond donors (Lipinski definition) is 3. The summed E-state index contributed by atoms with van der Waals surface area (Å²) in [6.45, 7) is 4.05. The number of hydrazine groups is 1. The van der Waals surface area contributed by atoms with Crippen LogP contribution < -0.4 is 16.2 Å². The van der Waals surface area contributed by atoms with Crippen LogP contribution in [0.4, 0.5) is 5.69 Å². The predicted octanol–water partition coefficient (Wildman–Crippen LogP) is 3.70. The monoisotopic (exact) mass is 377 g/mol. The highest BCUT2D eigenvalue weighted by Gasteiger charge is 2.07. The van der Waals surface area contributed by atoms with Crippen molar-refractivity contribution < 1.29 is 4.79 Å². The Morgan fingerprint density at radius 3 is 2.55 bits per heavy atom. The molecule has 1 amide bonds. The van der Waals surface area contributed by atoms with Crippen LogP contribution in [0.25, 0.3) is 0 Å². The molecule has 2 rings (SSSR count). The molecule has 0 fully saturated rings. The fourth-order valence-electron chi connectivity index (χ4n) is 1.86. The molecule has 0 saturated carbocycles. The van der Waals surface area contributed by atoms with Crippen molar-refractivity contribution in [3.8, 4) is 0 Å². The topological polar surface area (TPSA) is 53.2 Å². The van der Waals surface area contributed by atoms with Crippen LogP contribution in [0.15, 0.2) is 46.9 Å². The van der Waals surface area contributed by atoms with Crippen LogP contribution >= 0.6 is 28.1 Å².